The second-order valence-corrected chi connectivity index (χ2v) is 10.4. The van der Waals surface area contributed by atoms with Gasteiger partial charge in [-0.1, -0.05) is 36.9 Å². The van der Waals surface area contributed by atoms with Crippen LogP contribution in [0.2, 0.25) is 0 Å². The van der Waals surface area contributed by atoms with Crippen molar-refractivity contribution in [3.05, 3.63) is 54.6 Å². The Bertz CT molecular complexity index is 1180. The maximum Gasteiger partial charge on any atom is 0.277 e. The van der Waals surface area contributed by atoms with Gasteiger partial charge in [-0.2, -0.15) is 0 Å². The van der Waals surface area contributed by atoms with Crippen LogP contribution in [0.4, 0.5) is 5.69 Å². The molecule has 1 aliphatic rings. The third kappa shape index (κ3) is 5.75. The zero-order valence-electron chi connectivity index (χ0n) is 18.3. The molecule has 1 atom stereocenters. The van der Waals surface area contributed by atoms with Gasteiger partial charge in [0.1, 0.15) is 0 Å². The number of aromatic nitrogens is 2. The Morgan fingerprint density at radius 3 is 2.61 bits per heavy atom. The fourth-order valence-corrected chi connectivity index (χ4v) is 5.57. The van der Waals surface area contributed by atoms with Crippen molar-refractivity contribution >= 4 is 33.4 Å². The molecular formula is C23H26N4O4S2. The summed E-state index contributed by atoms with van der Waals surface area (Å²) in [6.45, 7) is 2.93. The number of hydrogen-bond acceptors (Lipinski definition) is 7. The topological polar surface area (TPSA) is 105 Å². The zero-order chi connectivity index (χ0) is 23.3. The molecule has 1 N–H and O–H groups in total. The molecular weight excluding hydrogens is 460 g/mol. The Morgan fingerprint density at radius 2 is 1.88 bits per heavy atom. The largest absolute Gasteiger partial charge is 0.411 e. The van der Waals surface area contributed by atoms with E-state index in [9.17, 15) is 13.2 Å². The number of nitrogens with zero attached hydrogens (tertiary/aromatic N) is 3. The number of thioether (sulfide) groups is 1. The van der Waals surface area contributed by atoms with E-state index < -0.39 is 10.0 Å². The molecule has 10 heteroatoms. The lowest BCUT2D eigenvalue weighted by Crippen LogP contribution is -2.44. The first-order chi connectivity index (χ1) is 16.0. The quantitative estimate of drug-likeness (QED) is 0.470. The Labute approximate surface area is 197 Å². The minimum atomic E-state index is -3.66. The molecule has 3 aromatic rings. The molecule has 1 unspecified atom stereocenters. The number of benzene rings is 2. The van der Waals surface area contributed by atoms with Crippen LogP contribution < -0.4 is 4.72 Å². The maximum atomic E-state index is 12.6. The van der Waals surface area contributed by atoms with Gasteiger partial charge in [-0.05, 0) is 62.1 Å². The van der Waals surface area contributed by atoms with Gasteiger partial charge >= 0.3 is 0 Å². The molecule has 1 aliphatic heterocycles. The molecule has 4 rings (SSSR count). The van der Waals surface area contributed by atoms with Crippen LogP contribution in [-0.2, 0) is 14.8 Å². The molecule has 0 bridgehead atoms. The minimum Gasteiger partial charge on any atom is -0.411 e. The summed E-state index contributed by atoms with van der Waals surface area (Å²) in [5, 5.41) is 8.42. The number of nitrogens with one attached hydrogen (secondary N) is 1. The van der Waals surface area contributed by atoms with E-state index in [-0.39, 0.29) is 16.6 Å². The summed E-state index contributed by atoms with van der Waals surface area (Å²) in [4.78, 5) is 14.8. The minimum absolute atomic E-state index is 0.0985. The van der Waals surface area contributed by atoms with Crippen LogP contribution in [0.3, 0.4) is 0 Å². The first kappa shape index (κ1) is 23.3. The molecule has 0 saturated carbocycles. The van der Waals surface area contributed by atoms with Crippen LogP contribution in [-0.4, -0.2) is 47.8 Å². The molecule has 1 fully saturated rings. The van der Waals surface area contributed by atoms with Gasteiger partial charge in [-0.25, -0.2) is 8.42 Å². The Balaban J connectivity index is 1.36. The van der Waals surface area contributed by atoms with Crippen molar-refractivity contribution in [1.82, 2.24) is 15.1 Å². The van der Waals surface area contributed by atoms with Crippen molar-refractivity contribution in [2.75, 3.05) is 17.0 Å². The summed E-state index contributed by atoms with van der Waals surface area (Å²) >= 11 is 1.24. The van der Waals surface area contributed by atoms with E-state index in [0.717, 1.165) is 25.8 Å². The van der Waals surface area contributed by atoms with Crippen LogP contribution in [0.15, 0.2) is 69.1 Å². The third-order valence-electron chi connectivity index (χ3n) is 5.58. The molecule has 0 spiro atoms. The SMILES string of the molecule is CCC1CCCCN1C(=O)CSc1nnc(-c2ccc(NS(=O)(=O)c3ccccc3)cc2)o1. The van der Waals surface area contributed by atoms with E-state index in [0.29, 0.717) is 28.4 Å². The van der Waals surface area contributed by atoms with Crippen molar-refractivity contribution in [2.45, 2.75) is 48.8 Å². The molecule has 1 aromatic heterocycles. The second kappa shape index (κ2) is 10.4. The highest BCUT2D eigenvalue weighted by molar-refractivity contribution is 7.99. The summed E-state index contributed by atoms with van der Waals surface area (Å²) in [5.74, 6) is 0.673. The van der Waals surface area contributed by atoms with Gasteiger partial charge in [0.15, 0.2) is 0 Å². The van der Waals surface area contributed by atoms with Gasteiger partial charge in [-0.3, -0.25) is 9.52 Å². The average Bonchev–Trinajstić information content (AvgIpc) is 3.32. The maximum absolute atomic E-state index is 12.6. The average molecular weight is 487 g/mol. The normalized spacial score (nSPS) is 16.5. The summed E-state index contributed by atoms with van der Waals surface area (Å²) in [6.07, 6.45) is 4.26. The standard InChI is InChI=1S/C23H26N4O4S2/c1-2-19-8-6-7-15-27(19)21(28)16-32-23-25-24-22(31-23)17-11-13-18(14-12-17)26-33(29,30)20-9-4-3-5-10-20/h3-5,9-14,19,26H,2,6-8,15-16H2,1H3. The highest BCUT2D eigenvalue weighted by atomic mass is 32.2. The molecule has 0 radical (unpaired) electrons. The van der Waals surface area contributed by atoms with Crippen LogP contribution in [0.5, 0.6) is 0 Å². The highest BCUT2D eigenvalue weighted by Gasteiger charge is 2.25. The first-order valence-corrected chi connectivity index (χ1v) is 13.4. The molecule has 174 valence electrons. The number of piperidine rings is 1. The van der Waals surface area contributed by atoms with Crippen LogP contribution >= 0.6 is 11.8 Å². The van der Waals surface area contributed by atoms with E-state index in [1.54, 1.807) is 42.5 Å². The van der Waals surface area contributed by atoms with Crippen molar-refractivity contribution in [1.29, 1.82) is 0 Å². The molecule has 33 heavy (non-hydrogen) atoms. The number of rotatable bonds is 8. The van der Waals surface area contributed by atoms with Crippen molar-refractivity contribution in [3.8, 4) is 11.5 Å². The first-order valence-electron chi connectivity index (χ1n) is 10.9. The van der Waals surface area contributed by atoms with E-state index in [2.05, 4.69) is 21.8 Å². The molecule has 2 heterocycles. The fourth-order valence-electron chi connectivity index (χ4n) is 3.84. The van der Waals surface area contributed by atoms with Crippen molar-refractivity contribution in [3.63, 3.8) is 0 Å². The predicted molar refractivity (Wildman–Crippen MR) is 127 cm³/mol. The Hall–Kier alpha value is -2.85. The highest BCUT2D eigenvalue weighted by Crippen LogP contribution is 2.26. The lowest BCUT2D eigenvalue weighted by Gasteiger charge is -2.35. The van der Waals surface area contributed by atoms with E-state index in [1.807, 2.05) is 4.90 Å². The number of likely N-dealkylation sites (tertiary alicyclic amines) is 1. The molecule has 2 aromatic carbocycles. The summed E-state index contributed by atoms with van der Waals surface area (Å²) in [5.41, 5.74) is 1.08. The monoisotopic (exact) mass is 486 g/mol. The number of anilines is 1. The summed E-state index contributed by atoms with van der Waals surface area (Å²) in [7, 11) is -3.66. The number of amides is 1. The van der Waals surface area contributed by atoms with E-state index in [1.165, 1.54) is 30.3 Å². The van der Waals surface area contributed by atoms with Gasteiger partial charge in [-0.15, -0.1) is 10.2 Å². The molecule has 0 aliphatic carbocycles. The van der Waals surface area contributed by atoms with Gasteiger partial charge < -0.3 is 9.32 Å². The molecule has 8 nitrogen and oxygen atoms in total. The van der Waals surface area contributed by atoms with Gasteiger partial charge in [0.25, 0.3) is 15.2 Å². The van der Waals surface area contributed by atoms with Crippen molar-refractivity contribution < 1.29 is 17.6 Å². The predicted octanol–water partition coefficient (Wildman–Crippen LogP) is 4.42. The van der Waals surface area contributed by atoms with Crippen LogP contribution in [0.25, 0.3) is 11.5 Å². The lowest BCUT2D eigenvalue weighted by atomic mass is 10.0. The van der Waals surface area contributed by atoms with Crippen molar-refractivity contribution in [2.24, 2.45) is 0 Å². The number of sulfonamides is 1. The molecule has 1 amide bonds. The number of hydrogen-bond donors (Lipinski definition) is 1. The van der Waals surface area contributed by atoms with Crippen LogP contribution in [0.1, 0.15) is 32.6 Å². The lowest BCUT2D eigenvalue weighted by molar-refractivity contribution is -0.132. The summed E-state index contributed by atoms with van der Waals surface area (Å²) < 4.78 is 33.2. The van der Waals surface area contributed by atoms with E-state index >= 15 is 0 Å². The smallest absolute Gasteiger partial charge is 0.277 e. The summed E-state index contributed by atoms with van der Waals surface area (Å²) in [6, 6.07) is 15.2. The van der Waals surface area contributed by atoms with Crippen LogP contribution in [0, 0.1) is 0 Å². The van der Waals surface area contributed by atoms with E-state index in [4.69, 9.17) is 4.42 Å². The van der Waals surface area contributed by atoms with Gasteiger partial charge in [0.05, 0.1) is 10.6 Å². The van der Waals surface area contributed by atoms with Gasteiger partial charge in [0.2, 0.25) is 11.8 Å². The third-order valence-corrected chi connectivity index (χ3v) is 7.78. The van der Waals surface area contributed by atoms with Gasteiger partial charge in [0, 0.05) is 23.8 Å². The Kier molecular flexibility index (Phi) is 7.34. The Morgan fingerprint density at radius 1 is 1.12 bits per heavy atom. The molecule has 1 saturated heterocycles. The number of carbonyl (C=O) groups excluding carboxylic acids is 1. The fraction of sp³-hybridized carbons (Fsp3) is 0.348. The zero-order valence-corrected chi connectivity index (χ0v) is 19.9. The number of carbonyl (C=O) groups is 1. The second-order valence-electron chi connectivity index (χ2n) is 7.80.